The molecule has 11 rings (SSSR count). The van der Waals surface area contributed by atoms with Gasteiger partial charge in [0.1, 0.15) is 17.8 Å². The summed E-state index contributed by atoms with van der Waals surface area (Å²) >= 11 is 0. The number of hydrogen-bond donors (Lipinski definition) is 0. The third-order valence-electron chi connectivity index (χ3n) is 10.9. The topological polar surface area (TPSA) is 46.6 Å². The Labute approximate surface area is 317 Å². The summed E-state index contributed by atoms with van der Waals surface area (Å²) in [6.45, 7) is 0. The van der Waals surface area contributed by atoms with E-state index in [-0.39, 0.29) is 0 Å². The maximum absolute atomic E-state index is 4.94. The summed E-state index contributed by atoms with van der Waals surface area (Å²) in [6.07, 6.45) is 8.13. The molecule has 0 saturated carbocycles. The molecule has 0 atom stereocenters. The molecule has 0 N–H and O–H groups in total. The molecule has 5 heteroatoms. The fraction of sp³-hybridized carbons (Fsp3) is 0.0200. The fourth-order valence-corrected chi connectivity index (χ4v) is 8.33. The molecule has 0 amide bonds. The fourth-order valence-electron chi connectivity index (χ4n) is 8.33. The lowest BCUT2D eigenvalue weighted by Crippen LogP contribution is -2.32. The second-order valence-electron chi connectivity index (χ2n) is 14.3. The van der Waals surface area contributed by atoms with Gasteiger partial charge in [-0.25, -0.2) is 9.55 Å². The smallest absolute Gasteiger partial charge is 0.239 e. The van der Waals surface area contributed by atoms with Gasteiger partial charge in [-0.1, -0.05) is 97.1 Å². The van der Waals surface area contributed by atoms with E-state index < -0.39 is 0 Å². The van der Waals surface area contributed by atoms with Crippen molar-refractivity contribution < 1.29 is 8.97 Å². The van der Waals surface area contributed by atoms with Crippen LogP contribution in [0.2, 0.25) is 0 Å². The van der Waals surface area contributed by atoms with E-state index in [9.17, 15) is 0 Å². The zero-order chi connectivity index (χ0) is 36.5. The first-order valence-corrected chi connectivity index (χ1v) is 18.6. The van der Waals surface area contributed by atoms with Crippen molar-refractivity contribution in [3.05, 3.63) is 183 Å². The van der Waals surface area contributed by atoms with Crippen LogP contribution in [0, 0.1) is 0 Å². The van der Waals surface area contributed by atoms with Gasteiger partial charge in [0.05, 0.1) is 33.5 Å². The second kappa shape index (κ2) is 12.4. The highest BCUT2D eigenvalue weighted by Crippen LogP contribution is 2.37. The molecule has 55 heavy (non-hydrogen) atoms. The van der Waals surface area contributed by atoms with Crippen LogP contribution in [0.15, 0.2) is 183 Å². The summed E-state index contributed by atoms with van der Waals surface area (Å²) < 4.78 is 4.68. The summed E-state index contributed by atoms with van der Waals surface area (Å²) in [5.74, 6) is 0. The van der Waals surface area contributed by atoms with Crippen LogP contribution in [0.3, 0.4) is 0 Å². The third kappa shape index (κ3) is 5.12. The van der Waals surface area contributed by atoms with Crippen molar-refractivity contribution in [3.8, 4) is 56.2 Å². The predicted molar refractivity (Wildman–Crippen MR) is 223 cm³/mol. The van der Waals surface area contributed by atoms with Crippen LogP contribution in [0.25, 0.3) is 105 Å². The van der Waals surface area contributed by atoms with E-state index in [1.165, 1.54) is 65.6 Å². The van der Waals surface area contributed by atoms with E-state index in [1.54, 1.807) is 12.4 Å². The van der Waals surface area contributed by atoms with E-state index in [4.69, 9.17) is 4.98 Å². The van der Waals surface area contributed by atoms with Gasteiger partial charge in [0.25, 0.3) is 0 Å². The van der Waals surface area contributed by atoms with Crippen molar-refractivity contribution in [2.24, 2.45) is 7.05 Å². The largest absolute Gasteiger partial charge is 0.255 e. The minimum absolute atomic E-state index is 0.818. The zero-order valence-electron chi connectivity index (χ0n) is 30.1. The Morgan fingerprint density at radius 1 is 0.364 bits per heavy atom. The molecule has 0 saturated heterocycles. The molecule has 7 aromatic heterocycles. The molecule has 11 aromatic rings. The summed E-state index contributed by atoms with van der Waals surface area (Å²) in [6, 6.07) is 56.2. The highest BCUT2D eigenvalue weighted by atomic mass is 14.9. The standard InChI is InChI=1S/C50H33N5/c1-54-30-42-38-10-2-4-12-40(38)48-28-37(29-49-41-13-5-3-11-39(41)43(31-54)50(42)55(48)49)35-22-18-33(19-23-35)32-16-20-34(21-17-32)36-26-46(44-14-6-8-24-51-44)53-47(27-36)45-15-7-9-25-52-45/h2-31H,1H3/q+2. The van der Waals surface area contributed by atoms with Crippen molar-refractivity contribution >= 4 is 48.9 Å². The molecule has 0 spiro atoms. The van der Waals surface area contributed by atoms with Gasteiger partial charge < -0.3 is 0 Å². The average Bonchev–Trinajstić information content (AvgIpc) is 3.26. The van der Waals surface area contributed by atoms with Crippen molar-refractivity contribution in [1.29, 1.82) is 0 Å². The number of aryl methyl sites for hydroxylation is 1. The lowest BCUT2D eigenvalue weighted by Gasteiger charge is -2.12. The van der Waals surface area contributed by atoms with Crippen LogP contribution < -0.4 is 8.97 Å². The third-order valence-corrected chi connectivity index (χ3v) is 10.9. The van der Waals surface area contributed by atoms with Crippen LogP contribution in [0.4, 0.5) is 0 Å². The van der Waals surface area contributed by atoms with Gasteiger partial charge in [-0.3, -0.25) is 9.97 Å². The molecule has 5 nitrogen and oxygen atoms in total. The van der Waals surface area contributed by atoms with Crippen molar-refractivity contribution in [3.63, 3.8) is 0 Å². The van der Waals surface area contributed by atoms with Crippen LogP contribution in [0.5, 0.6) is 0 Å². The molecule has 0 unspecified atom stereocenters. The van der Waals surface area contributed by atoms with Gasteiger partial charge in [0.15, 0.2) is 12.4 Å². The number of rotatable bonds is 5. The van der Waals surface area contributed by atoms with Crippen molar-refractivity contribution in [2.45, 2.75) is 0 Å². The first-order valence-electron chi connectivity index (χ1n) is 18.6. The van der Waals surface area contributed by atoms with E-state index in [0.29, 0.717) is 0 Å². The lowest BCUT2D eigenvalue weighted by atomic mass is 9.95. The van der Waals surface area contributed by atoms with Crippen LogP contribution in [0.1, 0.15) is 0 Å². The zero-order valence-corrected chi connectivity index (χ0v) is 30.1. The number of hydrogen-bond acceptors (Lipinski definition) is 3. The first-order chi connectivity index (χ1) is 27.2. The van der Waals surface area contributed by atoms with Crippen molar-refractivity contribution in [2.75, 3.05) is 0 Å². The monoisotopic (exact) mass is 703 g/mol. The molecule has 0 aliphatic heterocycles. The number of pyridine rings is 7. The quantitative estimate of drug-likeness (QED) is 0.102. The summed E-state index contributed by atoms with van der Waals surface area (Å²) in [4.78, 5) is 14.1. The average molecular weight is 704 g/mol. The van der Waals surface area contributed by atoms with Crippen LogP contribution in [-0.4, -0.2) is 15.0 Å². The van der Waals surface area contributed by atoms with Crippen molar-refractivity contribution in [1.82, 2.24) is 15.0 Å². The molecule has 0 radical (unpaired) electrons. The van der Waals surface area contributed by atoms with Gasteiger partial charge in [-0.2, -0.15) is 4.40 Å². The Bertz CT molecular complexity index is 3070. The van der Waals surface area contributed by atoms with E-state index in [0.717, 1.165) is 39.5 Å². The van der Waals surface area contributed by atoms with Gasteiger partial charge in [-0.05, 0) is 81.9 Å². The maximum atomic E-state index is 4.94. The Kier molecular flexibility index (Phi) is 7.01. The Hall–Kier alpha value is -7.37. The summed E-state index contributed by atoms with van der Waals surface area (Å²) in [7, 11) is 2.12. The minimum Gasteiger partial charge on any atom is -0.255 e. The van der Waals surface area contributed by atoms with Gasteiger partial charge in [-0.15, -0.1) is 0 Å². The molecule has 7 heterocycles. The SMILES string of the molecule is C[n+]1cc2c3ccccc3c3cc(-c4ccc(-c5ccc(-c6cc(-c7ccccn7)nc(-c7ccccn7)c6)cc5)cc4)cc4c5ccccc5c(c1)c2[n+]34. The number of fused-ring (bicyclic) bond motifs is 6. The van der Waals surface area contributed by atoms with Gasteiger partial charge >= 0.3 is 0 Å². The molecule has 4 aromatic carbocycles. The molecular weight excluding hydrogens is 671 g/mol. The molecule has 256 valence electrons. The summed E-state index contributed by atoms with van der Waals surface area (Å²) in [5, 5.41) is 7.56. The second-order valence-corrected chi connectivity index (χ2v) is 14.3. The highest BCUT2D eigenvalue weighted by molar-refractivity contribution is 6.20. The molecule has 0 aliphatic carbocycles. The van der Waals surface area contributed by atoms with Crippen LogP contribution in [-0.2, 0) is 7.05 Å². The van der Waals surface area contributed by atoms with E-state index >= 15 is 0 Å². The normalized spacial score (nSPS) is 11.7. The highest BCUT2D eigenvalue weighted by Gasteiger charge is 2.27. The molecule has 0 bridgehead atoms. The van der Waals surface area contributed by atoms with E-state index in [2.05, 4.69) is 160 Å². The molecular formula is C50H33N5+2. The summed E-state index contributed by atoms with van der Waals surface area (Å²) in [5.41, 5.74) is 13.9. The minimum atomic E-state index is 0.818. The molecule has 0 aliphatic rings. The maximum Gasteiger partial charge on any atom is 0.239 e. The lowest BCUT2D eigenvalue weighted by molar-refractivity contribution is -0.669. The molecule has 0 fully saturated rings. The number of aromatic nitrogens is 5. The first kappa shape index (κ1) is 31.2. The van der Waals surface area contributed by atoms with Gasteiger partial charge in [0, 0.05) is 35.3 Å². The predicted octanol–water partition coefficient (Wildman–Crippen LogP) is 10.8. The van der Waals surface area contributed by atoms with Crippen LogP contribution >= 0.6 is 0 Å². The Balaban J connectivity index is 0.998. The Morgan fingerprint density at radius 2 is 0.764 bits per heavy atom. The van der Waals surface area contributed by atoms with E-state index in [1.807, 2.05) is 36.4 Å². The Morgan fingerprint density at radius 3 is 1.20 bits per heavy atom. The number of benzene rings is 4. The number of nitrogens with zero attached hydrogens (tertiary/aromatic N) is 5. The van der Waals surface area contributed by atoms with Gasteiger partial charge in [0.2, 0.25) is 16.6 Å².